The van der Waals surface area contributed by atoms with E-state index in [4.69, 9.17) is 37.9 Å². The first-order chi connectivity index (χ1) is 42.1. The maximum Gasteiger partial charge on any atom is 0.420 e. The molecule has 2 unspecified atom stereocenters. The van der Waals surface area contributed by atoms with Crippen molar-refractivity contribution < 1.29 is 85.8 Å². The van der Waals surface area contributed by atoms with E-state index in [1.807, 2.05) is 12.1 Å². The molecule has 90 heavy (non-hydrogen) atoms. The minimum atomic E-state index is -1.27. The molecule has 4 amide bonds. The third kappa shape index (κ3) is 23.0. The number of nitrogens with zero attached hydrogens (tertiary/aromatic N) is 4. The number of nitrogens with one attached hydrogen (secondary N) is 4. The van der Waals surface area contributed by atoms with E-state index in [0.29, 0.717) is 16.6 Å². The molecule has 26 nitrogen and oxygen atoms in total. The number of aryl methyl sites for hydroxylation is 2. The van der Waals surface area contributed by atoms with Crippen molar-refractivity contribution in [2.75, 3.05) is 27.3 Å². The highest BCUT2D eigenvalue weighted by Gasteiger charge is 2.32. The first kappa shape index (κ1) is 70.9. The Bertz CT molecular complexity index is 3520. The van der Waals surface area contributed by atoms with Crippen molar-refractivity contribution >= 4 is 82.1 Å². The van der Waals surface area contributed by atoms with E-state index < -0.39 is 94.6 Å². The van der Waals surface area contributed by atoms with Crippen molar-refractivity contribution in [1.29, 1.82) is 0 Å². The summed E-state index contributed by atoms with van der Waals surface area (Å²) in [6, 6.07) is 24.5. The average molecular weight is 1250 g/mol. The molecule has 0 saturated heterocycles. The summed E-state index contributed by atoms with van der Waals surface area (Å²) in [5.74, 6) is -3.15. The van der Waals surface area contributed by atoms with E-state index in [-0.39, 0.29) is 80.3 Å². The van der Waals surface area contributed by atoms with Gasteiger partial charge in [-0.05, 0) is 131 Å². The van der Waals surface area contributed by atoms with E-state index in [1.165, 1.54) is 53.7 Å². The number of methoxy groups -OCH3 is 2. The highest BCUT2D eigenvalue weighted by molar-refractivity contribution is 6.00. The summed E-state index contributed by atoms with van der Waals surface area (Å²) in [6.45, 7) is 19.7. The summed E-state index contributed by atoms with van der Waals surface area (Å²) in [5.41, 5.74) is -0.147. The van der Waals surface area contributed by atoms with Gasteiger partial charge in [-0.1, -0.05) is 60.7 Å². The van der Waals surface area contributed by atoms with Crippen LogP contribution in [0.1, 0.15) is 139 Å². The number of amides is 4. The number of rotatable bonds is 20. The predicted molar refractivity (Wildman–Crippen MR) is 327 cm³/mol. The van der Waals surface area contributed by atoms with E-state index in [9.17, 15) is 47.9 Å². The van der Waals surface area contributed by atoms with Gasteiger partial charge in [-0.15, -0.1) is 0 Å². The van der Waals surface area contributed by atoms with Crippen molar-refractivity contribution in [3.63, 3.8) is 0 Å². The van der Waals surface area contributed by atoms with Crippen LogP contribution in [0.3, 0.4) is 0 Å². The number of imidazole rings is 2. The maximum absolute atomic E-state index is 13.3. The van der Waals surface area contributed by atoms with Crippen LogP contribution in [0.4, 0.5) is 19.2 Å². The lowest BCUT2D eigenvalue weighted by atomic mass is 10.1. The smallest absolute Gasteiger partial charge is 0.420 e. The van der Waals surface area contributed by atoms with Crippen molar-refractivity contribution in [3.8, 4) is 0 Å². The molecule has 0 radical (unpaired) electrons. The molecule has 6 aromatic rings. The van der Waals surface area contributed by atoms with Crippen LogP contribution in [0.5, 0.6) is 0 Å². The van der Waals surface area contributed by atoms with E-state index in [1.54, 1.807) is 138 Å². The number of benzene rings is 4. The lowest BCUT2D eigenvalue weighted by Crippen LogP contribution is -2.50. The van der Waals surface area contributed by atoms with Crippen LogP contribution in [0.15, 0.2) is 97.1 Å². The van der Waals surface area contributed by atoms with Gasteiger partial charge in [0.25, 0.3) is 11.8 Å². The quantitative estimate of drug-likeness (QED) is 0.0410. The zero-order valence-corrected chi connectivity index (χ0v) is 53.2. The number of alkyl carbamates (subject to hydrolysis) is 2. The van der Waals surface area contributed by atoms with Crippen molar-refractivity contribution in [3.05, 3.63) is 131 Å². The largest absolute Gasteiger partial charge is 0.469 e. The number of ether oxygens (including phenoxy) is 8. The Morgan fingerprint density at radius 2 is 0.833 bits per heavy atom. The number of fused-ring (bicyclic) bond motifs is 2. The second kappa shape index (κ2) is 31.3. The Kier molecular flexibility index (Phi) is 24.7. The molecule has 0 bridgehead atoms. The van der Waals surface area contributed by atoms with Crippen molar-refractivity contribution in [2.45, 2.75) is 156 Å². The Hall–Kier alpha value is -9.88. The van der Waals surface area contributed by atoms with Crippen LogP contribution in [-0.4, -0.2) is 141 Å². The molecule has 4 N–H and O–H groups in total. The first-order valence-corrected chi connectivity index (χ1v) is 28.7. The molecule has 2 heterocycles. The molecule has 6 rings (SSSR count). The first-order valence-electron chi connectivity index (χ1n) is 28.7. The summed E-state index contributed by atoms with van der Waals surface area (Å²) in [5, 5.41) is 10.2. The third-order valence-corrected chi connectivity index (χ3v) is 12.0. The van der Waals surface area contributed by atoms with Crippen LogP contribution < -0.4 is 21.3 Å². The number of hydrogen-bond donors (Lipinski definition) is 4. The molecule has 2 atom stereocenters. The zero-order valence-electron chi connectivity index (χ0n) is 53.2. The number of carbonyl (C=O) groups is 10. The zero-order chi connectivity index (χ0) is 66.7. The second-order valence-corrected chi connectivity index (χ2v) is 24.3. The van der Waals surface area contributed by atoms with Gasteiger partial charge in [-0.2, -0.15) is 0 Å². The Morgan fingerprint density at radius 1 is 0.456 bits per heavy atom. The monoisotopic (exact) mass is 1250 g/mol. The number of carbonyl (C=O) groups excluding carboxylic acids is 10. The second-order valence-electron chi connectivity index (χ2n) is 24.3. The number of aromatic nitrogens is 4. The molecular formula is C64H80N8O18. The van der Waals surface area contributed by atoms with Crippen LogP contribution in [-0.2, 0) is 83.1 Å². The summed E-state index contributed by atoms with van der Waals surface area (Å²) in [7, 11) is 2.53. The molecule has 484 valence electrons. The van der Waals surface area contributed by atoms with Crippen molar-refractivity contribution in [2.24, 2.45) is 0 Å². The van der Waals surface area contributed by atoms with Gasteiger partial charge in [0.05, 0.1) is 49.1 Å². The Morgan fingerprint density at radius 3 is 1.23 bits per heavy atom. The number of esters is 4. The van der Waals surface area contributed by atoms with E-state index in [0.717, 1.165) is 11.1 Å². The maximum atomic E-state index is 13.3. The minimum absolute atomic E-state index is 0.0162. The molecule has 0 fully saturated rings. The molecule has 0 aliphatic rings. The predicted octanol–water partition coefficient (Wildman–Crippen LogP) is 8.58. The highest BCUT2D eigenvalue weighted by Crippen LogP contribution is 2.24. The fraction of sp³-hybridized carbons (Fsp3) is 0.438. The van der Waals surface area contributed by atoms with Gasteiger partial charge in [-0.25, -0.2) is 47.9 Å². The van der Waals surface area contributed by atoms with E-state index in [2.05, 4.69) is 31.2 Å². The van der Waals surface area contributed by atoms with Gasteiger partial charge in [0.1, 0.15) is 59.4 Å². The van der Waals surface area contributed by atoms with Gasteiger partial charge in [0, 0.05) is 37.1 Å². The third-order valence-electron chi connectivity index (χ3n) is 12.0. The molecule has 0 aliphatic heterocycles. The fourth-order valence-corrected chi connectivity index (χ4v) is 8.07. The normalized spacial score (nSPS) is 12.2. The SMILES string of the molecule is COC(=O)CCc1nc2cc(C(=O)NCC(NC(=O)OCc3ccccc3)C(=O)OC(C)(C)C)ccc2n1C(=O)OC(C)(C)C.COC(=O)CCc1nc2ccc(C(=O)NCC(NC(=O)OCc3ccccc3)C(=O)OC(C)(C)C)cc2n1C(=O)OC(C)(C)C. The van der Waals surface area contributed by atoms with Gasteiger partial charge in [0.2, 0.25) is 0 Å². The molecule has 2 aromatic heterocycles. The molecule has 0 spiro atoms. The minimum Gasteiger partial charge on any atom is -0.469 e. The summed E-state index contributed by atoms with van der Waals surface area (Å²) in [4.78, 5) is 136. The van der Waals surface area contributed by atoms with Gasteiger partial charge in [-0.3, -0.25) is 19.2 Å². The fourth-order valence-electron chi connectivity index (χ4n) is 8.07. The summed E-state index contributed by atoms with van der Waals surface area (Å²) in [6.07, 6.45) is -3.02. The molecular weight excluding hydrogens is 1170 g/mol. The topological polar surface area (TPSA) is 328 Å². The molecule has 0 saturated carbocycles. The van der Waals surface area contributed by atoms with Crippen molar-refractivity contribution in [1.82, 2.24) is 40.4 Å². The van der Waals surface area contributed by atoms with Crippen LogP contribution in [0.2, 0.25) is 0 Å². The van der Waals surface area contributed by atoms with Gasteiger partial charge in [0.15, 0.2) is 0 Å². The lowest BCUT2D eigenvalue weighted by Gasteiger charge is -2.24. The Balaban J connectivity index is 0.000000327. The summed E-state index contributed by atoms with van der Waals surface area (Å²) >= 11 is 0. The van der Waals surface area contributed by atoms with Gasteiger partial charge < -0.3 is 59.2 Å². The summed E-state index contributed by atoms with van der Waals surface area (Å²) < 4.78 is 44.3. The Labute approximate surface area is 521 Å². The molecule has 4 aromatic carbocycles. The van der Waals surface area contributed by atoms with Crippen LogP contribution in [0.25, 0.3) is 22.1 Å². The lowest BCUT2D eigenvalue weighted by molar-refractivity contribution is -0.158. The van der Waals surface area contributed by atoms with Gasteiger partial charge >= 0.3 is 48.3 Å². The molecule has 26 heteroatoms. The van der Waals surface area contributed by atoms with Crippen LogP contribution in [0, 0.1) is 0 Å². The number of hydrogen-bond acceptors (Lipinski definition) is 20. The average Bonchev–Trinajstić information content (AvgIpc) is 1.66. The van der Waals surface area contributed by atoms with E-state index >= 15 is 0 Å². The highest BCUT2D eigenvalue weighted by atomic mass is 16.6. The standard InChI is InChI=1S/2C32H40N4O9/c1-31(2,3)44-28(39)23(35-29(40)43-19-20-11-9-8-10-12-20)18-33-27(38)21-13-14-24-22(17-21)34-25(15-16-26(37)42-7)36(24)30(41)45-32(4,5)6;1-31(2,3)44-28(39)23(35-29(40)43-19-20-11-9-8-10-12-20)18-33-27(38)21-13-14-22-24(17-21)36(30(41)45-32(4,5)6)25(34-22)15-16-26(37)42-7/h2*8-14,17,23H,15-16,18-19H2,1-7H3,(H,33,38)(H,35,40). The van der Waals surface area contributed by atoms with Crippen LogP contribution >= 0.6 is 0 Å². The molecule has 0 aliphatic carbocycles.